The number of nitrogens with one attached hydrogen (secondary N) is 4. The zero-order valence-electron chi connectivity index (χ0n) is 23.2. The molecule has 214 valence electrons. The molecule has 10 nitrogen and oxygen atoms in total. The average Bonchev–Trinajstić information content (AvgIpc) is 2.90. The van der Waals surface area contributed by atoms with Crippen molar-refractivity contribution in [2.75, 3.05) is 26.2 Å². The van der Waals surface area contributed by atoms with E-state index in [1.807, 2.05) is 81.4 Å². The molecular formula is C29H42N4O6. The van der Waals surface area contributed by atoms with E-state index in [9.17, 15) is 14.4 Å². The lowest BCUT2D eigenvalue weighted by Crippen LogP contribution is -2.44. The molecule has 2 aromatic carbocycles. The molecule has 0 aromatic heterocycles. The van der Waals surface area contributed by atoms with Crippen LogP contribution in [0.5, 0.6) is 0 Å². The van der Waals surface area contributed by atoms with Crippen LogP contribution in [0, 0.1) is 0 Å². The number of rotatable bonds is 15. The Morgan fingerprint density at radius 3 is 1.87 bits per heavy atom. The van der Waals surface area contributed by atoms with Gasteiger partial charge in [0.25, 0.3) is 0 Å². The number of benzene rings is 2. The number of ether oxygens (including phenoxy) is 3. The van der Waals surface area contributed by atoms with Gasteiger partial charge in [-0.05, 0) is 51.2 Å². The molecule has 0 saturated heterocycles. The highest BCUT2D eigenvalue weighted by Gasteiger charge is 2.16. The van der Waals surface area contributed by atoms with Crippen LogP contribution < -0.4 is 21.3 Å². The molecule has 0 aliphatic carbocycles. The fourth-order valence-electron chi connectivity index (χ4n) is 3.48. The SMILES string of the molecule is CC(C)(C)OC(=O)NCCCC[C@@H](CNCCNC(=O)OCc1ccccc1)NC(=O)OCc1ccccc1. The summed E-state index contributed by atoms with van der Waals surface area (Å²) in [6.07, 6.45) is 0.738. The van der Waals surface area contributed by atoms with Gasteiger partial charge >= 0.3 is 18.3 Å². The summed E-state index contributed by atoms with van der Waals surface area (Å²) >= 11 is 0. The predicted octanol–water partition coefficient (Wildman–Crippen LogP) is 4.49. The van der Waals surface area contributed by atoms with Gasteiger partial charge in [0.2, 0.25) is 0 Å². The van der Waals surface area contributed by atoms with E-state index in [0.717, 1.165) is 24.0 Å². The molecule has 0 aliphatic heterocycles. The largest absolute Gasteiger partial charge is 0.445 e. The third-order valence-corrected chi connectivity index (χ3v) is 5.36. The highest BCUT2D eigenvalue weighted by Crippen LogP contribution is 2.07. The Hall–Kier alpha value is -3.79. The molecule has 10 heteroatoms. The highest BCUT2D eigenvalue weighted by atomic mass is 16.6. The topological polar surface area (TPSA) is 127 Å². The van der Waals surface area contributed by atoms with Crippen LogP contribution >= 0.6 is 0 Å². The lowest BCUT2D eigenvalue weighted by atomic mass is 10.1. The van der Waals surface area contributed by atoms with Crippen molar-refractivity contribution in [2.45, 2.75) is 64.9 Å². The lowest BCUT2D eigenvalue weighted by molar-refractivity contribution is 0.0527. The van der Waals surface area contributed by atoms with Gasteiger partial charge in [-0.2, -0.15) is 0 Å². The highest BCUT2D eigenvalue weighted by molar-refractivity contribution is 5.68. The quantitative estimate of drug-likeness (QED) is 0.193. The van der Waals surface area contributed by atoms with Gasteiger partial charge in [0.1, 0.15) is 18.8 Å². The lowest BCUT2D eigenvalue weighted by Gasteiger charge is -2.20. The summed E-state index contributed by atoms with van der Waals surface area (Å²) in [6.45, 7) is 7.67. The molecule has 4 N–H and O–H groups in total. The van der Waals surface area contributed by atoms with Crippen molar-refractivity contribution in [1.82, 2.24) is 21.3 Å². The molecule has 0 heterocycles. The number of hydrogen-bond donors (Lipinski definition) is 4. The van der Waals surface area contributed by atoms with Crippen LogP contribution in [0.1, 0.15) is 51.2 Å². The second-order valence-corrected chi connectivity index (χ2v) is 10.0. The van der Waals surface area contributed by atoms with E-state index < -0.39 is 23.9 Å². The molecule has 0 aliphatic rings. The van der Waals surface area contributed by atoms with Gasteiger partial charge in [-0.15, -0.1) is 0 Å². The van der Waals surface area contributed by atoms with Crippen LogP contribution in [0.4, 0.5) is 14.4 Å². The van der Waals surface area contributed by atoms with Crippen LogP contribution in [0.3, 0.4) is 0 Å². The van der Waals surface area contributed by atoms with Gasteiger partial charge in [0, 0.05) is 32.2 Å². The number of hydrogen-bond acceptors (Lipinski definition) is 7. The Labute approximate surface area is 231 Å². The Bertz CT molecular complexity index is 982. The molecule has 0 saturated carbocycles. The molecule has 3 amide bonds. The molecule has 2 rings (SSSR count). The molecule has 39 heavy (non-hydrogen) atoms. The van der Waals surface area contributed by atoms with Crippen molar-refractivity contribution in [3.05, 3.63) is 71.8 Å². The Kier molecular flexibility index (Phi) is 14.2. The maximum atomic E-state index is 12.4. The van der Waals surface area contributed by atoms with Crippen LogP contribution in [0.25, 0.3) is 0 Å². The fourth-order valence-corrected chi connectivity index (χ4v) is 3.48. The summed E-state index contributed by atoms with van der Waals surface area (Å²) in [4.78, 5) is 36.1. The molecule has 0 radical (unpaired) electrons. The monoisotopic (exact) mass is 542 g/mol. The maximum absolute atomic E-state index is 12.4. The van der Waals surface area contributed by atoms with Crippen LogP contribution in [-0.2, 0) is 27.4 Å². The standard InChI is InChI=1S/C29H42N4O6/c1-29(2,3)39-27(35)31-17-11-10-16-25(33-28(36)38-22-24-14-8-5-9-15-24)20-30-18-19-32-26(34)37-21-23-12-6-4-7-13-23/h4-9,12-15,25,30H,10-11,16-22H2,1-3H3,(H,31,35)(H,32,34)(H,33,36)/t25-/m0/s1. The number of carbonyl (C=O) groups is 3. The van der Waals surface area contributed by atoms with E-state index in [2.05, 4.69) is 21.3 Å². The summed E-state index contributed by atoms with van der Waals surface area (Å²) in [5, 5.41) is 11.6. The zero-order valence-corrected chi connectivity index (χ0v) is 23.2. The van der Waals surface area contributed by atoms with Crippen molar-refractivity contribution >= 4 is 18.3 Å². The first-order chi connectivity index (χ1) is 18.7. The van der Waals surface area contributed by atoms with E-state index in [4.69, 9.17) is 14.2 Å². The van der Waals surface area contributed by atoms with Crippen LogP contribution in [0.15, 0.2) is 60.7 Å². The van der Waals surface area contributed by atoms with Crippen molar-refractivity contribution in [3.8, 4) is 0 Å². The fraction of sp³-hybridized carbons (Fsp3) is 0.483. The average molecular weight is 543 g/mol. The summed E-state index contributed by atoms with van der Waals surface area (Å²) in [5.74, 6) is 0. The summed E-state index contributed by atoms with van der Waals surface area (Å²) in [5.41, 5.74) is 1.28. The second-order valence-electron chi connectivity index (χ2n) is 10.0. The van der Waals surface area contributed by atoms with Crippen molar-refractivity contribution in [2.24, 2.45) is 0 Å². The molecule has 0 fully saturated rings. The minimum atomic E-state index is -0.543. The van der Waals surface area contributed by atoms with Crippen molar-refractivity contribution in [3.63, 3.8) is 0 Å². The first-order valence-electron chi connectivity index (χ1n) is 13.3. The van der Waals surface area contributed by atoms with Crippen molar-refractivity contribution < 1.29 is 28.6 Å². The smallest absolute Gasteiger partial charge is 0.407 e. The normalized spacial score (nSPS) is 11.7. The zero-order chi connectivity index (χ0) is 28.3. The van der Waals surface area contributed by atoms with E-state index in [-0.39, 0.29) is 19.3 Å². The van der Waals surface area contributed by atoms with Gasteiger partial charge in [0.15, 0.2) is 0 Å². The number of unbranched alkanes of at least 4 members (excludes halogenated alkanes) is 1. The van der Waals surface area contributed by atoms with Crippen LogP contribution in [-0.4, -0.2) is 56.1 Å². The predicted molar refractivity (Wildman–Crippen MR) is 149 cm³/mol. The van der Waals surface area contributed by atoms with E-state index in [1.165, 1.54) is 0 Å². The van der Waals surface area contributed by atoms with E-state index in [0.29, 0.717) is 32.6 Å². The van der Waals surface area contributed by atoms with Gasteiger partial charge in [0.05, 0.1) is 0 Å². The Balaban J connectivity index is 1.69. The van der Waals surface area contributed by atoms with Gasteiger partial charge in [-0.1, -0.05) is 60.7 Å². The number of amides is 3. The first-order valence-corrected chi connectivity index (χ1v) is 13.3. The van der Waals surface area contributed by atoms with Gasteiger partial charge in [-0.25, -0.2) is 14.4 Å². The van der Waals surface area contributed by atoms with Gasteiger partial charge < -0.3 is 35.5 Å². The summed E-state index contributed by atoms with van der Waals surface area (Å²) < 4.78 is 15.8. The molecule has 0 unspecified atom stereocenters. The summed E-state index contributed by atoms with van der Waals surface area (Å²) in [7, 11) is 0. The molecule has 2 aromatic rings. The minimum Gasteiger partial charge on any atom is -0.445 e. The molecular weight excluding hydrogens is 500 g/mol. The molecule has 1 atom stereocenters. The van der Waals surface area contributed by atoms with E-state index >= 15 is 0 Å². The Morgan fingerprint density at radius 1 is 0.718 bits per heavy atom. The Morgan fingerprint density at radius 2 is 1.28 bits per heavy atom. The second kappa shape index (κ2) is 17.7. The molecule has 0 bridgehead atoms. The third-order valence-electron chi connectivity index (χ3n) is 5.36. The minimum absolute atomic E-state index is 0.182. The molecule has 0 spiro atoms. The van der Waals surface area contributed by atoms with Gasteiger partial charge in [-0.3, -0.25) is 0 Å². The maximum Gasteiger partial charge on any atom is 0.407 e. The number of carbonyl (C=O) groups excluding carboxylic acids is 3. The third kappa shape index (κ3) is 15.9. The summed E-state index contributed by atoms with van der Waals surface area (Å²) in [6, 6.07) is 18.7. The van der Waals surface area contributed by atoms with Crippen molar-refractivity contribution in [1.29, 1.82) is 0 Å². The van der Waals surface area contributed by atoms with E-state index in [1.54, 1.807) is 0 Å². The van der Waals surface area contributed by atoms with Crippen LogP contribution in [0.2, 0.25) is 0 Å². The number of alkyl carbamates (subject to hydrolysis) is 3. The first kappa shape index (κ1) is 31.4.